The minimum atomic E-state index is 0.0606. The Hall–Kier alpha value is -1.30. The summed E-state index contributed by atoms with van der Waals surface area (Å²) in [5.41, 5.74) is 3.11. The number of fused-ring (bicyclic) bond motifs is 1. The molecule has 4 rings (SSSR count). The molecule has 1 saturated heterocycles. The molecule has 1 aromatic carbocycles. The standard InChI is InChI=1S/C16H15BrClN3O/c17-13-5-4-11-12(8-19-16(11)15(13)18)10-7-20-21(9-10)14-3-1-2-6-22-14/h4-5,7-9,14,19H,1-3,6H2. The monoisotopic (exact) mass is 379 g/mol. The highest BCUT2D eigenvalue weighted by molar-refractivity contribution is 9.10. The molecule has 2 aromatic heterocycles. The quantitative estimate of drug-likeness (QED) is 0.668. The average Bonchev–Trinajstić information content (AvgIpc) is 3.18. The van der Waals surface area contributed by atoms with E-state index in [0.717, 1.165) is 46.0 Å². The minimum absolute atomic E-state index is 0.0606. The van der Waals surface area contributed by atoms with E-state index in [1.807, 2.05) is 23.1 Å². The van der Waals surface area contributed by atoms with E-state index in [0.29, 0.717) is 5.02 Å². The zero-order valence-corrected chi connectivity index (χ0v) is 14.2. The maximum Gasteiger partial charge on any atom is 0.150 e. The molecule has 1 fully saturated rings. The van der Waals surface area contributed by atoms with E-state index >= 15 is 0 Å². The van der Waals surface area contributed by atoms with Crippen molar-refractivity contribution in [3.05, 3.63) is 40.2 Å². The van der Waals surface area contributed by atoms with Gasteiger partial charge in [-0.2, -0.15) is 5.10 Å². The number of nitrogens with zero attached hydrogens (tertiary/aromatic N) is 2. The molecule has 0 radical (unpaired) electrons. The number of nitrogens with one attached hydrogen (secondary N) is 1. The highest BCUT2D eigenvalue weighted by Gasteiger charge is 2.18. The van der Waals surface area contributed by atoms with Crippen molar-refractivity contribution < 1.29 is 4.74 Å². The first kappa shape index (κ1) is 14.3. The van der Waals surface area contributed by atoms with E-state index in [1.54, 1.807) is 0 Å². The molecule has 1 atom stereocenters. The third kappa shape index (κ3) is 2.37. The van der Waals surface area contributed by atoms with E-state index in [4.69, 9.17) is 16.3 Å². The molecule has 1 aliphatic rings. The second-order valence-electron chi connectivity index (χ2n) is 5.52. The van der Waals surface area contributed by atoms with Crippen LogP contribution in [-0.2, 0) is 4.74 Å². The molecule has 3 aromatic rings. The zero-order valence-electron chi connectivity index (χ0n) is 11.9. The molecule has 0 bridgehead atoms. The first-order valence-electron chi connectivity index (χ1n) is 7.35. The minimum Gasteiger partial charge on any atom is -0.359 e. The molecule has 0 saturated carbocycles. The predicted octanol–water partition coefficient (Wildman–Crippen LogP) is 5.15. The van der Waals surface area contributed by atoms with Gasteiger partial charge in [0.25, 0.3) is 0 Å². The summed E-state index contributed by atoms with van der Waals surface area (Å²) in [7, 11) is 0. The number of hydrogen-bond acceptors (Lipinski definition) is 2. The number of ether oxygens (including phenoxy) is 1. The Balaban J connectivity index is 1.73. The number of rotatable bonds is 2. The Morgan fingerprint density at radius 1 is 1.36 bits per heavy atom. The third-order valence-electron chi connectivity index (χ3n) is 4.11. The molecule has 4 nitrogen and oxygen atoms in total. The zero-order chi connectivity index (χ0) is 15.1. The lowest BCUT2D eigenvalue weighted by atomic mass is 10.1. The van der Waals surface area contributed by atoms with Crippen LogP contribution in [0.1, 0.15) is 25.5 Å². The third-order valence-corrected chi connectivity index (χ3v) is 5.39. The van der Waals surface area contributed by atoms with Crippen LogP contribution >= 0.6 is 27.5 Å². The van der Waals surface area contributed by atoms with Crippen molar-refractivity contribution in [2.45, 2.75) is 25.5 Å². The fourth-order valence-electron chi connectivity index (χ4n) is 2.94. The maximum atomic E-state index is 6.33. The summed E-state index contributed by atoms with van der Waals surface area (Å²) in [6.45, 7) is 0.816. The normalized spacial score (nSPS) is 18.9. The summed E-state index contributed by atoms with van der Waals surface area (Å²) >= 11 is 9.79. The van der Waals surface area contributed by atoms with Crippen molar-refractivity contribution in [2.75, 3.05) is 6.61 Å². The predicted molar refractivity (Wildman–Crippen MR) is 91.1 cm³/mol. The number of aromatic amines is 1. The molecule has 1 unspecified atom stereocenters. The second-order valence-corrected chi connectivity index (χ2v) is 6.75. The van der Waals surface area contributed by atoms with Gasteiger partial charge in [0, 0.05) is 40.0 Å². The Labute approximate surface area is 141 Å². The van der Waals surface area contributed by atoms with Gasteiger partial charge in [-0.3, -0.25) is 0 Å². The van der Waals surface area contributed by atoms with Gasteiger partial charge in [0.1, 0.15) is 6.23 Å². The maximum absolute atomic E-state index is 6.33. The number of halogens is 2. The molecule has 6 heteroatoms. The first-order chi connectivity index (χ1) is 10.7. The van der Waals surface area contributed by atoms with Crippen LogP contribution in [0, 0.1) is 0 Å². The van der Waals surface area contributed by atoms with E-state index in [1.165, 1.54) is 6.42 Å². The highest BCUT2D eigenvalue weighted by atomic mass is 79.9. The Morgan fingerprint density at radius 2 is 2.27 bits per heavy atom. The van der Waals surface area contributed by atoms with Gasteiger partial charge in [-0.25, -0.2) is 4.68 Å². The SMILES string of the molecule is Clc1c(Br)ccc2c(-c3cnn(C4CCCCO4)c3)c[nH]c12. The second kappa shape index (κ2) is 5.72. The van der Waals surface area contributed by atoms with Gasteiger partial charge in [0.05, 0.1) is 16.7 Å². The van der Waals surface area contributed by atoms with Crippen molar-refractivity contribution in [3.8, 4) is 11.1 Å². The molecule has 1 aliphatic heterocycles. The van der Waals surface area contributed by atoms with Gasteiger partial charge in [0.15, 0.2) is 0 Å². The van der Waals surface area contributed by atoms with Gasteiger partial charge < -0.3 is 9.72 Å². The number of H-pyrrole nitrogens is 1. The van der Waals surface area contributed by atoms with Gasteiger partial charge in [0.2, 0.25) is 0 Å². The van der Waals surface area contributed by atoms with Crippen LogP contribution < -0.4 is 0 Å². The van der Waals surface area contributed by atoms with Gasteiger partial charge in [-0.05, 0) is 41.3 Å². The Morgan fingerprint density at radius 3 is 3.09 bits per heavy atom. The Kier molecular flexibility index (Phi) is 3.72. The van der Waals surface area contributed by atoms with Crippen molar-refractivity contribution in [1.82, 2.24) is 14.8 Å². The van der Waals surface area contributed by atoms with Crippen molar-refractivity contribution in [1.29, 1.82) is 0 Å². The lowest BCUT2D eigenvalue weighted by Gasteiger charge is -2.22. The lowest BCUT2D eigenvalue weighted by Crippen LogP contribution is -2.18. The molecule has 0 aliphatic carbocycles. The molecule has 114 valence electrons. The van der Waals surface area contributed by atoms with Crippen LogP contribution in [0.15, 0.2) is 35.2 Å². The summed E-state index contributed by atoms with van der Waals surface area (Å²) in [5, 5.41) is 6.27. The Bertz CT molecular complexity index is 820. The molecule has 0 amide bonds. The van der Waals surface area contributed by atoms with Crippen molar-refractivity contribution in [3.63, 3.8) is 0 Å². The van der Waals surface area contributed by atoms with Crippen LogP contribution in [0.3, 0.4) is 0 Å². The summed E-state index contributed by atoms with van der Waals surface area (Å²) < 4.78 is 8.60. The number of benzene rings is 1. The van der Waals surface area contributed by atoms with Gasteiger partial charge in [-0.1, -0.05) is 17.7 Å². The van der Waals surface area contributed by atoms with Crippen LogP contribution in [-0.4, -0.2) is 21.4 Å². The summed E-state index contributed by atoms with van der Waals surface area (Å²) in [4.78, 5) is 3.25. The van der Waals surface area contributed by atoms with E-state index < -0.39 is 0 Å². The van der Waals surface area contributed by atoms with Crippen LogP contribution in [0.25, 0.3) is 22.0 Å². The number of hydrogen-bond donors (Lipinski definition) is 1. The average molecular weight is 381 g/mol. The molecule has 3 heterocycles. The highest BCUT2D eigenvalue weighted by Crippen LogP contribution is 2.36. The van der Waals surface area contributed by atoms with E-state index in [2.05, 4.69) is 38.3 Å². The van der Waals surface area contributed by atoms with Gasteiger partial charge >= 0.3 is 0 Å². The van der Waals surface area contributed by atoms with Crippen molar-refractivity contribution >= 4 is 38.4 Å². The van der Waals surface area contributed by atoms with Crippen LogP contribution in [0.2, 0.25) is 5.02 Å². The lowest BCUT2D eigenvalue weighted by molar-refractivity contribution is -0.0394. The summed E-state index contributed by atoms with van der Waals surface area (Å²) in [5.74, 6) is 0. The van der Waals surface area contributed by atoms with Gasteiger partial charge in [-0.15, -0.1) is 0 Å². The fourth-order valence-corrected chi connectivity index (χ4v) is 3.49. The van der Waals surface area contributed by atoms with E-state index in [9.17, 15) is 0 Å². The molecule has 0 spiro atoms. The van der Waals surface area contributed by atoms with E-state index in [-0.39, 0.29) is 6.23 Å². The smallest absolute Gasteiger partial charge is 0.150 e. The largest absolute Gasteiger partial charge is 0.359 e. The molecular weight excluding hydrogens is 366 g/mol. The van der Waals surface area contributed by atoms with Crippen molar-refractivity contribution in [2.24, 2.45) is 0 Å². The summed E-state index contributed by atoms with van der Waals surface area (Å²) in [6, 6.07) is 4.03. The molecule has 1 N–H and O–H groups in total. The van der Waals surface area contributed by atoms with Crippen LogP contribution in [0.5, 0.6) is 0 Å². The molecule has 22 heavy (non-hydrogen) atoms. The first-order valence-corrected chi connectivity index (χ1v) is 8.52. The topological polar surface area (TPSA) is 42.8 Å². The number of aromatic nitrogens is 3. The summed E-state index contributed by atoms with van der Waals surface area (Å²) in [6.07, 6.45) is 9.33. The van der Waals surface area contributed by atoms with Crippen LogP contribution in [0.4, 0.5) is 0 Å². The fraction of sp³-hybridized carbons (Fsp3) is 0.312. The molecular formula is C16H15BrClN3O.